The Bertz CT molecular complexity index is 1050. The van der Waals surface area contributed by atoms with Crippen LogP contribution in [-0.2, 0) is 4.79 Å². The van der Waals surface area contributed by atoms with Crippen molar-refractivity contribution in [3.63, 3.8) is 0 Å². The van der Waals surface area contributed by atoms with Crippen LogP contribution in [0.3, 0.4) is 0 Å². The molecule has 0 spiro atoms. The number of amides is 1. The molecule has 1 saturated carbocycles. The van der Waals surface area contributed by atoms with Gasteiger partial charge in [0.1, 0.15) is 0 Å². The van der Waals surface area contributed by atoms with Gasteiger partial charge in [-0.3, -0.25) is 14.2 Å². The Morgan fingerprint density at radius 2 is 1.64 bits per heavy atom. The fraction of sp³-hybridized carbons (Fsp3) is 0.333. The van der Waals surface area contributed by atoms with E-state index in [0.29, 0.717) is 0 Å². The minimum absolute atomic E-state index is 0.00848. The van der Waals surface area contributed by atoms with Crippen molar-refractivity contribution in [3.8, 4) is 0 Å². The number of carbonyl (C=O) groups excluding carboxylic acids is 2. The monoisotopic (exact) mass is 374 g/mol. The third-order valence-electron chi connectivity index (χ3n) is 5.88. The lowest BCUT2D eigenvalue weighted by atomic mass is 10.0. The van der Waals surface area contributed by atoms with Crippen molar-refractivity contribution in [2.45, 2.75) is 46.5 Å². The molecular formula is C24H26N2O2. The van der Waals surface area contributed by atoms with Crippen molar-refractivity contribution in [2.24, 2.45) is 5.92 Å². The Balaban J connectivity index is 1.68. The Labute approximate surface area is 165 Å². The van der Waals surface area contributed by atoms with E-state index in [4.69, 9.17) is 0 Å². The Morgan fingerprint density at radius 3 is 2.32 bits per heavy atom. The van der Waals surface area contributed by atoms with Crippen molar-refractivity contribution in [1.29, 1.82) is 0 Å². The van der Waals surface area contributed by atoms with E-state index in [1.165, 1.54) is 0 Å². The highest BCUT2D eigenvalue weighted by Gasteiger charge is 2.23. The van der Waals surface area contributed by atoms with Gasteiger partial charge < -0.3 is 5.32 Å². The summed E-state index contributed by atoms with van der Waals surface area (Å²) in [4.78, 5) is 25.7. The summed E-state index contributed by atoms with van der Waals surface area (Å²) in [5, 5.41) is 4.01. The van der Waals surface area contributed by atoms with Gasteiger partial charge >= 0.3 is 0 Å². The van der Waals surface area contributed by atoms with E-state index < -0.39 is 0 Å². The summed E-state index contributed by atoms with van der Waals surface area (Å²) in [6, 6.07) is 13.7. The fourth-order valence-electron chi connectivity index (χ4n) is 4.40. The van der Waals surface area contributed by atoms with Gasteiger partial charge in [0.2, 0.25) is 5.91 Å². The fourth-order valence-corrected chi connectivity index (χ4v) is 4.40. The summed E-state index contributed by atoms with van der Waals surface area (Å²) in [5.41, 5.74) is 5.26. The molecule has 2 aromatic carbocycles. The molecule has 1 amide bonds. The number of nitrogens with zero attached hydrogens (tertiary/aromatic N) is 1. The topological polar surface area (TPSA) is 51.1 Å². The predicted octanol–water partition coefficient (Wildman–Crippen LogP) is 5.38. The number of nitrogens with one attached hydrogen (secondary N) is 1. The van der Waals surface area contributed by atoms with Crippen LogP contribution in [0.2, 0.25) is 0 Å². The second-order valence-electron chi connectivity index (χ2n) is 7.94. The maximum absolute atomic E-state index is 13.3. The van der Waals surface area contributed by atoms with Gasteiger partial charge in [-0.25, -0.2) is 0 Å². The number of hydrogen-bond acceptors (Lipinski definition) is 2. The van der Waals surface area contributed by atoms with E-state index in [9.17, 15) is 9.59 Å². The molecule has 1 heterocycles. The SMILES string of the molecule is Cc1cccc(C)c1C(=O)n1c(C)cc2cc(NC(=O)C3CCCC3)ccc21. The van der Waals surface area contributed by atoms with Gasteiger partial charge in [0.15, 0.2) is 0 Å². The molecule has 144 valence electrons. The van der Waals surface area contributed by atoms with Crippen LogP contribution in [-0.4, -0.2) is 16.4 Å². The summed E-state index contributed by atoms with van der Waals surface area (Å²) in [7, 11) is 0. The Hall–Kier alpha value is -2.88. The van der Waals surface area contributed by atoms with Crippen LogP contribution in [0.5, 0.6) is 0 Å². The number of hydrogen-bond donors (Lipinski definition) is 1. The van der Waals surface area contributed by atoms with E-state index in [1.54, 1.807) is 4.57 Å². The predicted molar refractivity (Wildman–Crippen MR) is 113 cm³/mol. The lowest BCUT2D eigenvalue weighted by molar-refractivity contribution is -0.119. The van der Waals surface area contributed by atoms with Crippen molar-refractivity contribution in [1.82, 2.24) is 4.57 Å². The normalized spacial score (nSPS) is 14.5. The van der Waals surface area contributed by atoms with Crippen molar-refractivity contribution in [3.05, 3.63) is 64.8 Å². The van der Waals surface area contributed by atoms with Crippen molar-refractivity contribution in [2.75, 3.05) is 5.32 Å². The molecule has 4 nitrogen and oxygen atoms in total. The van der Waals surface area contributed by atoms with Gasteiger partial charge in [-0.2, -0.15) is 0 Å². The Kier molecular flexibility index (Phi) is 4.80. The number of rotatable bonds is 3. The quantitative estimate of drug-likeness (QED) is 0.669. The van der Waals surface area contributed by atoms with E-state index >= 15 is 0 Å². The third-order valence-corrected chi connectivity index (χ3v) is 5.88. The zero-order valence-electron chi connectivity index (χ0n) is 16.7. The van der Waals surface area contributed by atoms with Crippen LogP contribution < -0.4 is 5.32 Å². The largest absolute Gasteiger partial charge is 0.326 e. The smallest absolute Gasteiger partial charge is 0.263 e. The van der Waals surface area contributed by atoms with Crippen LogP contribution in [0.1, 0.15) is 52.9 Å². The maximum Gasteiger partial charge on any atom is 0.263 e. The highest BCUT2D eigenvalue weighted by atomic mass is 16.2. The molecule has 0 radical (unpaired) electrons. The summed E-state index contributed by atoms with van der Waals surface area (Å²) >= 11 is 0. The minimum Gasteiger partial charge on any atom is -0.326 e. The number of aromatic nitrogens is 1. The van der Waals surface area contributed by atoms with Gasteiger partial charge in [0.05, 0.1) is 5.52 Å². The van der Waals surface area contributed by atoms with Gasteiger partial charge in [0, 0.05) is 28.2 Å². The molecule has 1 N–H and O–H groups in total. The molecule has 0 bridgehead atoms. The number of anilines is 1. The van der Waals surface area contributed by atoms with Gasteiger partial charge in [0.25, 0.3) is 5.91 Å². The van der Waals surface area contributed by atoms with Crippen LogP contribution in [0, 0.1) is 26.7 Å². The van der Waals surface area contributed by atoms with Gasteiger partial charge in [-0.1, -0.05) is 31.0 Å². The van der Waals surface area contributed by atoms with Crippen LogP contribution in [0.15, 0.2) is 42.5 Å². The summed E-state index contributed by atoms with van der Waals surface area (Å²) in [6.45, 7) is 5.89. The number of carbonyl (C=O) groups is 2. The second-order valence-corrected chi connectivity index (χ2v) is 7.94. The summed E-state index contributed by atoms with van der Waals surface area (Å²) < 4.78 is 1.77. The van der Waals surface area contributed by atoms with E-state index in [1.807, 2.05) is 63.2 Å². The lowest BCUT2D eigenvalue weighted by Gasteiger charge is -2.13. The van der Waals surface area contributed by atoms with Crippen LogP contribution in [0.4, 0.5) is 5.69 Å². The first-order chi connectivity index (χ1) is 13.5. The zero-order chi connectivity index (χ0) is 19.8. The molecule has 1 aliphatic rings. The zero-order valence-corrected chi connectivity index (χ0v) is 16.7. The molecule has 3 aromatic rings. The number of benzene rings is 2. The molecule has 1 aromatic heterocycles. The molecular weight excluding hydrogens is 348 g/mol. The first kappa shape index (κ1) is 18.5. The standard InChI is InChI=1S/C24H26N2O2/c1-15-7-6-8-16(2)22(15)24(28)26-17(3)13-19-14-20(11-12-21(19)26)25-23(27)18-9-4-5-10-18/h6-8,11-14,18H,4-5,9-10H2,1-3H3,(H,25,27). The molecule has 0 atom stereocenters. The summed E-state index contributed by atoms with van der Waals surface area (Å²) in [6.07, 6.45) is 4.24. The van der Waals surface area contributed by atoms with E-state index in [0.717, 1.165) is 64.7 Å². The number of fused-ring (bicyclic) bond motifs is 1. The lowest BCUT2D eigenvalue weighted by Crippen LogP contribution is -2.20. The van der Waals surface area contributed by atoms with Gasteiger partial charge in [-0.05, 0) is 69.0 Å². The maximum atomic E-state index is 13.3. The minimum atomic E-state index is -0.00848. The second kappa shape index (κ2) is 7.27. The molecule has 1 aliphatic carbocycles. The highest BCUT2D eigenvalue weighted by Crippen LogP contribution is 2.28. The van der Waals surface area contributed by atoms with Crippen molar-refractivity contribution >= 4 is 28.4 Å². The third kappa shape index (κ3) is 3.24. The average Bonchev–Trinajstić information content (AvgIpc) is 3.28. The van der Waals surface area contributed by atoms with E-state index in [-0.39, 0.29) is 17.7 Å². The van der Waals surface area contributed by atoms with E-state index in [2.05, 4.69) is 5.32 Å². The first-order valence-corrected chi connectivity index (χ1v) is 9.99. The molecule has 1 fully saturated rings. The molecule has 0 saturated heterocycles. The average molecular weight is 374 g/mol. The molecule has 28 heavy (non-hydrogen) atoms. The van der Waals surface area contributed by atoms with Gasteiger partial charge in [-0.15, -0.1) is 0 Å². The molecule has 0 unspecified atom stereocenters. The van der Waals surface area contributed by atoms with Crippen molar-refractivity contribution < 1.29 is 9.59 Å². The number of aryl methyl sites for hydroxylation is 3. The Morgan fingerprint density at radius 1 is 0.964 bits per heavy atom. The molecule has 0 aliphatic heterocycles. The summed E-state index contributed by atoms with van der Waals surface area (Å²) in [5.74, 6) is 0.234. The first-order valence-electron chi connectivity index (χ1n) is 9.99. The van der Waals surface area contributed by atoms with Crippen LogP contribution in [0.25, 0.3) is 10.9 Å². The highest BCUT2D eigenvalue weighted by molar-refractivity contribution is 6.05. The molecule has 4 heteroatoms. The van der Waals surface area contributed by atoms with Crippen LogP contribution >= 0.6 is 0 Å². The molecule has 4 rings (SSSR count).